The number of hydrogen-bond acceptors (Lipinski definition) is 3. The van der Waals surface area contributed by atoms with Gasteiger partial charge in [-0.3, -0.25) is 4.79 Å². The summed E-state index contributed by atoms with van der Waals surface area (Å²) in [6.45, 7) is 0.532. The first-order chi connectivity index (χ1) is 8.25. The highest BCUT2D eigenvalue weighted by molar-refractivity contribution is 5.97. The number of benzene rings is 1. The van der Waals surface area contributed by atoms with Gasteiger partial charge in [0.05, 0.1) is 6.54 Å². The SMILES string of the molecule is O=C1OC2CCC1N(C(=O)c1ccccc1)C2. The maximum absolute atomic E-state index is 12.3. The lowest BCUT2D eigenvalue weighted by Crippen LogP contribution is -2.59. The van der Waals surface area contributed by atoms with Gasteiger partial charge in [-0.15, -0.1) is 0 Å². The second kappa shape index (κ2) is 3.87. The van der Waals surface area contributed by atoms with Crippen LogP contribution in [0.3, 0.4) is 0 Å². The van der Waals surface area contributed by atoms with Crippen molar-refractivity contribution in [3.8, 4) is 0 Å². The number of esters is 1. The second-order valence-electron chi connectivity index (χ2n) is 4.48. The van der Waals surface area contributed by atoms with Crippen molar-refractivity contribution in [2.45, 2.75) is 25.0 Å². The fourth-order valence-electron chi connectivity index (χ4n) is 2.49. The van der Waals surface area contributed by atoms with Gasteiger partial charge in [0.25, 0.3) is 5.91 Å². The molecular formula is C13H13NO3. The van der Waals surface area contributed by atoms with Gasteiger partial charge >= 0.3 is 5.97 Å². The van der Waals surface area contributed by atoms with Crippen molar-refractivity contribution in [2.75, 3.05) is 6.54 Å². The Kier molecular flexibility index (Phi) is 2.35. The Morgan fingerprint density at radius 1 is 1.24 bits per heavy atom. The fourth-order valence-corrected chi connectivity index (χ4v) is 2.49. The summed E-state index contributed by atoms with van der Waals surface area (Å²) < 4.78 is 5.17. The third kappa shape index (κ3) is 1.69. The third-order valence-corrected chi connectivity index (χ3v) is 3.38. The van der Waals surface area contributed by atoms with E-state index in [1.54, 1.807) is 17.0 Å². The highest BCUT2D eigenvalue weighted by Crippen LogP contribution is 2.28. The van der Waals surface area contributed by atoms with E-state index in [9.17, 15) is 9.59 Å². The largest absolute Gasteiger partial charge is 0.459 e. The molecule has 1 amide bonds. The van der Waals surface area contributed by atoms with Gasteiger partial charge in [0, 0.05) is 5.56 Å². The average Bonchev–Trinajstić information content (AvgIpc) is 2.39. The Morgan fingerprint density at radius 2 is 2.00 bits per heavy atom. The standard InChI is InChI=1S/C13H13NO3/c15-12(9-4-2-1-3-5-9)14-8-10-6-7-11(14)13(16)17-10/h1-5,10-11H,6-8H2. The molecule has 1 aromatic carbocycles. The first-order valence-corrected chi connectivity index (χ1v) is 5.82. The normalized spacial score (nSPS) is 26.8. The van der Waals surface area contributed by atoms with E-state index in [2.05, 4.69) is 0 Å². The van der Waals surface area contributed by atoms with E-state index >= 15 is 0 Å². The predicted octanol–water partition coefficient (Wildman–Crippen LogP) is 1.22. The molecule has 4 heteroatoms. The first kappa shape index (κ1) is 10.3. The monoisotopic (exact) mass is 231 g/mol. The van der Waals surface area contributed by atoms with Crippen LogP contribution in [-0.2, 0) is 9.53 Å². The van der Waals surface area contributed by atoms with E-state index in [-0.39, 0.29) is 24.0 Å². The van der Waals surface area contributed by atoms with Crippen molar-refractivity contribution >= 4 is 11.9 Å². The minimum atomic E-state index is -0.382. The van der Waals surface area contributed by atoms with Gasteiger partial charge in [-0.05, 0) is 25.0 Å². The average molecular weight is 231 g/mol. The number of hydrogen-bond donors (Lipinski definition) is 0. The van der Waals surface area contributed by atoms with E-state index in [0.29, 0.717) is 12.1 Å². The highest BCUT2D eigenvalue weighted by Gasteiger charge is 2.43. The molecule has 3 aliphatic rings. The van der Waals surface area contributed by atoms with Crippen LogP contribution in [0.15, 0.2) is 30.3 Å². The molecule has 0 spiro atoms. The molecule has 3 aliphatic heterocycles. The zero-order chi connectivity index (χ0) is 11.8. The molecule has 0 radical (unpaired) electrons. The molecular weight excluding hydrogens is 218 g/mol. The molecule has 3 fully saturated rings. The van der Waals surface area contributed by atoms with Crippen LogP contribution < -0.4 is 0 Å². The Bertz CT molecular complexity index is 457. The molecule has 0 aromatic heterocycles. The van der Waals surface area contributed by atoms with E-state index in [0.717, 1.165) is 12.8 Å². The topological polar surface area (TPSA) is 46.6 Å². The van der Waals surface area contributed by atoms with Gasteiger partial charge in [0.15, 0.2) is 0 Å². The van der Waals surface area contributed by atoms with Crippen LogP contribution in [0.5, 0.6) is 0 Å². The molecule has 88 valence electrons. The molecule has 0 saturated carbocycles. The molecule has 2 unspecified atom stereocenters. The summed E-state index contributed by atoms with van der Waals surface area (Å²) in [6, 6.07) is 8.69. The molecule has 0 N–H and O–H groups in total. The number of carbonyl (C=O) groups is 2. The number of carbonyl (C=O) groups excluding carboxylic acids is 2. The second-order valence-corrected chi connectivity index (χ2v) is 4.48. The molecule has 0 aliphatic carbocycles. The third-order valence-electron chi connectivity index (χ3n) is 3.38. The Morgan fingerprint density at radius 3 is 2.65 bits per heavy atom. The first-order valence-electron chi connectivity index (χ1n) is 5.82. The van der Waals surface area contributed by atoms with Gasteiger partial charge in [-0.25, -0.2) is 4.79 Å². The van der Waals surface area contributed by atoms with Gasteiger partial charge in [0.1, 0.15) is 12.1 Å². The van der Waals surface area contributed by atoms with Crippen LogP contribution in [0.4, 0.5) is 0 Å². The summed E-state index contributed by atoms with van der Waals surface area (Å²) in [6.07, 6.45) is 1.48. The molecule has 4 nitrogen and oxygen atoms in total. The zero-order valence-electron chi connectivity index (χ0n) is 9.33. The van der Waals surface area contributed by atoms with Gasteiger partial charge in [0.2, 0.25) is 0 Å². The molecule has 4 rings (SSSR count). The summed E-state index contributed by atoms with van der Waals surface area (Å²) in [5, 5.41) is 0. The lowest BCUT2D eigenvalue weighted by molar-refractivity contribution is -0.172. The van der Waals surface area contributed by atoms with Gasteiger partial charge in [-0.1, -0.05) is 18.2 Å². The number of nitrogens with zero attached hydrogens (tertiary/aromatic N) is 1. The molecule has 17 heavy (non-hydrogen) atoms. The summed E-state index contributed by atoms with van der Waals surface area (Å²) >= 11 is 0. The van der Waals surface area contributed by atoms with E-state index < -0.39 is 0 Å². The van der Waals surface area contributed by atoms with Crippen LogP contribution in [0.25, 0.3) is 0 Å². The predicted molar refractivity (Wildman–Crippen MR) is 60.4 cm³/mol. The van der Waals surface area contributed by atoms with Crippen molar-refractivity contribution in [1.82, 2.24) is 4.90 Å². The molecule has 3 heterocycles. The quantitative estimate of drug-likeness (QED) is 0.683. The maximum atomic E-state index is 12.3. The van der Waals surface area contributed by atoms with E-state index in [1.165, 1.54) is 0 Å². The number of piperidine rings is 1. The summed E-state index contributed by atoms with van der Waals surface area (Å²) in [7, 11) is 0. The van der Waals surface area contributed by atoms with Crippen molar-refractivity contribution in [2.24, 2.45) is 0 Å². The Balaban J connectivity index is 1.86. The number of rotatable bonds is 1. The number of ether oxygens (including phenoxy) is 1. The number of amides is 1. The van der Waals surface area contributed by atoms with Crippen LogP contribution in [-0.4, -0.2) is 35.5 Å². The van der Waals surface area contributed by atoms with Gasteiger partial charge < -0.3 is 9.64 Å². The van der Waals surface area contributed by atoms with Crippen LogP contribution in [0, 0.1) is 0 Å². The Labute approximate surface area is 99.2 Å². The van der Waals surface area contributed by atoms with Crippen LogP contribution in [0.1, 0.15) is 23.2 Å². The van der Waals surface area contributed by atoms with E-state index in [1.807, 2.05) is 18.2 Å². The van der Waals surface area contributed by atoms with Crippen molar-refractivity contribution < 1.29 is 14.3 Å². The molecule has 1 aromatic rings. The zero-order valence-corrected chi connectivity index (χ0v) is 9.33. The highest BCUT2D eigenvalue weighted by atomic mass is 16.6. The lowest BCUT2D eigenvalue weighted by atomic mass is 9.95. The minimum absolute atomic E-state index is 0.0723. The Hall–Kier alpha value is -1.84. The fraction of sp³-hybridized carbons (Fsp3) is 0.385. The van der Waals surface area contributed by atoms with Gasteiger partial charge in [-0.2, -0.15) is 0 Å². The number of morpholine rings is 1. The van der Waals surface area contributed by atoms with Crippen molar-refractivity contribution in [3.63, 3.8) is 0 Å². The molecule has 2 atom stereocenters. The summed E-state index contributed by atoms with van der Waals surface area (Å²) in [4.78, 5) is 25.5. The summed E-state index contributed by atoms with van der Waals surface area (Å²) in [5.41, 5.74) is 0.632. The number of fused-ring (bicyclic) bond motifs is 3. The van der Waals surface area contributed by atoms with Crippen molar-refractivity contribution in [3.05, 3.63) is 35.9 Å². The molecule has 3 saturated heterocycles. The smallest absolute Gasteiger partial charge is 0.329 e. The van der Waals surface area contributed by atoms with E-state index in [4.69, 9.17) is 4.74 Å². The molecule has 2 bridgehead atoms. The minimum Gasteiger partial charge on any atom is -0.459 e. The van der Waals surface area contributed by atoms with Crippen molar-refractivity contribution in [1.29, 1.82) is 0 Å². The maximum Gasteiger partial charge on any atom is 0.329 e. The van der Waals surface area contributed by atoms with Crippen LogP contribution >= 0.6 is 0 Å². The van der Waals surface area contributed by atoms with Crippen LogP contribution in [0.2, 0.25) is 0 Å². The summed E-state index contributed by atoms with van der Waals surface area (Å²) in [5.74, 6) is -0.325. The lowest BCUT2D eigenvalue weighted by Gasteiger charge is -2.43.